The average Bonchev–Trinajstić information content (AvgIpc) is 2.85. The Morgan fingerprint density at radius 2 is 1.73 bits per heavy atom. The van der Waals surface area contributed by atoms with Crippen LogP contribution in [0.5, 0.6) is 0 Å². The van der Waals surface area contributed by atoms with Crippen molar-refractivity contribution in [2.75, 3.05) is 12.3 Å². The van der Waals surface area contributed by atoms with E-state index in [1.165, 1.54) is 11.1 Å². The smallest absolute Gasteiger partial charge is 0.224 e. The normalized spacial score (nSPS) is 19.5. The fourth-order valence-corrected chi connectivity index (χ4v) is 3.98. The average molecular weight is 320 g/mol. The number of hydrogen-bond donors (Lipinski definition) is 0. The number of thioether (sulfide) groups is 1. The molecule has 0 bridgehead atoms. The monoisotopic (exact) mass is 319 g/mol. The Balaban J connectivity index is 2.15. The minimum Gasteiger partial charge on any atom is -0.326 e. The minimum absolute atomic E-state index is 0.0466. The van der Waals surface area contributed by atoms with Gasteiger partial charge in [-0.2, -0.15) is 0 Å². The predicted octanol–water partition coefficient (Wildman–Crippen LogP) is 4.99. The van der Waals surface area contributed by atoms with E-state index in [1.807, 2.05) is 11.8 Å². The Labute approximate surface area is 139 Å². The van der Waals surface area contributed by atoms with Crippen molar-refractivity contribution in [2.24, 2.45) is 5.41 Å². The molecule has 22 heavy (non-hydrogen) atoms. The van der Waals surface area contributed by atoms with Gasteiger partial charge >= 0.3 is 0 Å². The second-order valence-corrected chi connectivity index (χ2v) is 9.61. The van der Waals surface area contributed by atoms with E-state index < -0.39 is 0 Å². The molecule has 122 valence electrons. The molecule has 1 saturated heterocycles. The van der Waals surface area contributed by atoms with Crippen molar-refractivity contribution in [1.82, 2.24) is 4.90 Å². The number of benzene rings is 1. The summed E-state index contributed by atoms with van der Waals surface area (Å²) in [6.07, 6.45) is 0.615. The van der Waals surface area contributed by atoms with Crippen LogP contribution in [0.1, 0.15) is 64.5 Å². The van der Waals surface area contributed by atoms with Crippen LogP contribution in [-0.2, 0) is 10.2 Å². The molecule has 1 unspecified atom stereocenters. The maximum atomic E-state index is 12.6. The van der Waals surface area contributed by atoms with Gasteiger partial charge in [0.1, 0.15) is 5.37 Å². The third kappa shape index (κ3) is 4.28. The molecule has 1 aliphatic rings. The summed E-state index contributed by atoms with van der Waals surface area (Å²) in [4.78, 5) is 14.6. The molecule has 0 N–H and O–H groups in total. The van der Waals surface area contributed by atoms with Gasteiger partial charge in [-0.1, -0.05) is 65.8 Å². The minimum atomic E-state index is 0.0466. The second-order valence-electron chi connectivity index (χ2n) is 8.42. The van der Waals surface area contributed by atoms with Crippen LogP contribution in [0.25, 0.3) is 0 Å². The lowest BCUT2D eigenvalue weighted by molar-refractivity contribution is -0.133. The zero-order valence-corrected chi connectivity index (χ0v) is 15.6. The fraction of sp³-hybridized carbons (Fsp3) is 0.632. The summed E-state index contributed by atoms with van der Waals surface area (Å²) in [6.45, 7) is 13.9. The van der Waals surface area contributed by atoms with Gasteiger partial charge in [-0.05, 0) is 22.0 Å². The third-order valence-electron chi connectivity index (χ3n) is 3.95. The molecule has 3 heteroatoms. The van der Waals surface area contributed by atoms with E-state index in [2.05, 4.69) is 70.7 Å². The van der Waals surface area contributed by atoms with E-state index in [-0.39, 0.29) is 22.1 Å². The molecular weight excluding hydrogens is 290 g/mol. The van der Waals surface area contributed by atoms with Gasteiger partial charge in [-0.25, -0.2) is 0 Å². The Hall–Kier alpha value is -0.960. The van der Waals surface area contributed by atoms with E-state index >= 15 is 0 Å². The van der Waals surface area contributed by atoms with Gasteiger partial charge in [-0.3, -0.25) is 4.79 Å². The van der Waals surface area contributed by atoms with Gasteiger partial charge in [0.25, 0.3) is 0 Å². The van der Waals surface area contributed by atoms with E-state index in [4.69, 9.17) is 0 Å². The molecule has 1 atom stereocenters. The van der Waals surface area contributed by atoms with Crippen molar-refractivity contribution in [1.29, 1.82) is 0 Å². The number of carbonyl (C=O) groups is 1. The molecule has 2 rings (SSSR count). The van der Waals surface area contributed by atoms with E-state index in [0.717, 1.165) is 12.3 Å². The van der Waals surface area contributed by atoms with Crippen LogP contribution in [0.2, 0.25) is 0 Å². The summed E-state index contributed by atoms with van der Waals surface area (Å²) >= 11 is 1.88. The van der Waals surface area contributed by atoms with Gasteiger partial charge in [0, 0.05) is 18.7 Å². The summed E-state index contributed by atoms with van der Waals surface area (Å²) in [5.74, 6) is 1.31. The molecule has 0 spiro atoms. The molecule has 0 saturated carbocycles. The molecule has 0 aliphatic carbocycles. The molecule has 1 heterocycles. The van der Waals surface area contributed by atoms with Crippen molar-refractivity contribution in [3.63, 3.8) is 0 Å². The van der Waals surface area contributed by atoms with Crippen molar-refractivity contribution in [2.45, 2.75) is 58.8 Å². The first-order valence-corrected chi connectivity index (χ1v) is 9.14. The zero-order valence-electron chi connectivity index (χ0n) is 14.8. The van der Waals surface area contributed by atoms with Gasteiger partial charge in [-0.15, -0.1) is 11.8 Å². The van der Waals surface area contributed by atoms with Gasteiger partial charge < -0.3 is 4.90 Å². The lowest BCUT2D eigenvalue weighted by atomic mass is 9.86. The van der Waals surface area contributed by atoms with Crippen LogP contribution >= 0.6 is 11.8 Å². The summed E-state index contributed by atoms with van der Waals surface area (Å²) in [5.41, 5.74) is 2.80. The lowest BCUT2D eigenvalue weighted by Crippen LogP contribution is -2.33. The van der Waals surface area contributed by atoms with Gasteiger partial charge in [0.2, 0.25) is 5.91 Å². The quantitative estimate of drug-likeness (QED) is 0.765. The van der Waals surface area contributed by atoms with Crippen LogP contribution in [0.4, 0.5) is 0 Å². The summed E-state index contributed by atoms with van der Waals surface area (Å²) < 4.78 is 0. The van der Waals surface area contributed by atoms with Crippen molar-refractivity contribution >= 4 is 17.7 Å². The SMILES string of the molecule is CC(C)(C)CC(=O)N1CCSC1c1ccc(C(C)(C)C)cc1. The number of hydrogen-bond acceptors (Lipinski definition) is 2. The highest BCUT2D eigenvalue weighted by Gasteiger charge is 2.32. The molecule has 1 amide bonds. The number of amides is 1. The first-order chi connectivity index (χ1) is 10.1. The molecule has 1 fully saturated rings. The standard InChI is InChI=1S/C19H29NOS/c1-18(2,3)13-16(21)20-11-12-22-17(20)14-7-9-15(10-8-14)19(4,5)6/h7-10,17H,11-13H2,1-6H3. The molecular formula is C19H29NOS. The molecule has 0 aromatic heterocycles. The Morgan fingerprint density at radius 1 is 1.14 bits per heavy atom. The Bertz CT molecular complexity index is 522. The lowest BCUT2D eigenvalue weighted by Gasteiger charge is -2.28. The first kappa shape index (κ1) is 17.4. The second kappa shape index (κ2) is 6.27. The van der Waals surface area contributed by atoms with Crippen LogP contribution in [-0.4, -0.2) is 23.1 Å². The van der Waals surface area contributed by atoms with E-state index in [0.29, 0.717) is 6.42 Å². The summed E-state index contributed by atoms with van der Waals surface area (Å²) in [7, 11) is 0. The van der Waals surface area contributed by atoms with Crippen molar-refractivity contribution in [3.05, 3.63) is 35.4 Å². The summed E-state index contributed by atoms with van der Waals surface area (Å²) in [5, 5.41) is 0.184. The molecule has 1 aromatic rings. The van der Waals surface area contributed by atoms with Crippen LogP contribution in [0.3, 0.4) is 0 Å². The highest BCUT2D eigenvalue weighted by atomic mass is 32.2. The Kier molecular flexibility index (Phi) is 4.96. The number of rotatable bonds is 2. The van der Waals surface area contributed by atoms with Crippen molar-refractivity contribution in [3.8, 4) is 0 Å². The zero-order chi connectivity index (χ0) is 16.5. The Morgan fingerprint density at radius 3 is 2.23 bits per heavy atom. The van der Waals surface area contributed by atoms with Gasteiger partial charge in [0.15, 0.2) is 0 Å². The van der Waals surface area contributed by atoms with E-state index in [9.17, 15) is 4.79 Å². The third-order valence-corrected chi connectivity index (χ3v) is 5.22. The molecule has 1 aliphatic heterocycles. The first-order valence-electron chi connectivity index (χ1n) is 8.09. The number of carbonyl (C=O) groups excluding carboxylic acids is 1. The summed E-state index contributed by atoms with van der Waals surface area (Å²) in [6, 6.07) is 8.81. The van der Waals surface area contributed by atoms with Crippen LogP contribution in [0, 0.1) is 5.41 Å². The highest BCUT2D eigenvalue weighted by Crippen LogP contribution is 2.39. The molecule has 2 nitrogen and oxygen atoms in total. The predicted molar refractivity (Wildman–Crippen MR) is 96.1 cm³/mol. The highest BCUT2D eigenvalue weighted by molar-refractivity contribution is 7.99. The van der Waals surface area contributed by atoms with Crippen LogP contribution in [0.15, 0.2) is 24.3 Å². The maximum absolute atomic E-state index is 12.6. The number of nitrogens with zero attached hydrogens (tertiary/aromatic N) is 1. The topological polar surface area (TPSA) is 20.3 Å². The maximum Gasteiger partial charge on any atom is 0.224 e. The van der Waals surface area contributed by atoms with Crippen LogP contribution < -0.4 is 0 Å². The molecule has 1 aromatic carbocycles. The molecule has 0 radical (unpaired) electrons. The fourth-order valence-electron chi connectivity index (χ4n) is 2.70. The van der Waals surface area contributed by atoms with Crippen molar-refractivity contribution < 1.29 is 4.79 Å². The van der Waals surface area contributed by atoms with Gasteiger partial charge in [0.05, 0.1) is 0 Å². The van der Waals surface area contributed by atoms with E-state index in [1.54, 1.807) is 0 Å². The largest absolute Gasteiger partial charge is 0.326 e.